The van der Waals surface area contributed by atoms with Crippen LogP contribution in [0.2, 0.25) is 0 Å². The Hall–Kier alpha value is -1.40. The fourth-order valence-electron chi connectivity index (χ4n) is 4.07. The monoisotopic (exact) mass is 335 g/mol. The van der Waals surface area contributed by atoms with Gasteiger partial charge in [-0.05, 0) is 25.7 Å². The Morgan fingerprint density at radius 2 is 2.25 bits per heavy atom. The van der Waals surface area contributed by atoms with Crippen LogP contribution in [-0.2, 0) is 27.2 Å². The third-order valence-electron chi connectivity index (χ3n) is 5.52. The highest BCUT2D eigenvalue weighted by Gasteiger charge is 2.45. The molecule has 1 aromatic rings. The first-order valence-corrected chi connectivity index (χ1v) is 9.13. The second-order valence-electron chi connectivity index (χ2n) is 6.80. The van der Waals surface area contributed by atoms with Crippen molar-refractivity contribution in [3.8, 4) is 0 Å². The number of methoxy groups -OCH3 is 1. The molecule has 3 heterocycles. The van der Waals surface area contributed by atoms with Gasteiger partial charge in [0.15, 0.2) is 0 Å². The van der Waals surface area contributed by atoms with Crippen LogP contribution in [-0.4, -0.2) is 58.9 Å². The zero-order chi connectivity index (χ0) is 17.0. The Labute approximate surface area is 144 Å². The molecule has 3 rings (SSSR count). The number of hydrogen-bond donors (Lipinski definition) is 0. The lowest BCUT2D eigenvalue weighted by molar-refractivity contribution is -0.188. The van der Waals surface area contributed by atoms with E-state index in [2.05, 4.69) is 16.5 Å². The molecule has 2 saturated heterocycles. The van der Waals surface area contributed by atoms with Gasteiger partial charge in [-0.2, -0.15) is 0 Å². The van der Waals surface area contributed by atoms with E-state index in [-0.39, 0.29) is 17.6 Å². The number of amides is 1. The molecule has 2 fully saturated rings. The molecule has 0 unspecified atom stereocenters. The van der Waals surface area contributed by atoms with Gasteiger partial charge in [-0.1, -0.05) is 6.92 Å². The molecule has 0 aromatic carbocycles. The van der Waals surface area contributed by atoms with Crippen molar-refractivity contribution in [1.82, 2.24) is 14.5 Å². The predicted molar refractivity (Wildman–Crippen MR) is 90.8 cm³/mol. The zero-order valence-electron chi connectivity index (χ0n) is 14.9. The largest absolute Gasteiger partial charge is 0.378 e. The Kier molecular flexibility index (Phi) is 5.56. The number of ether oxygens (including phenoxy) is 2. The summed E-state index contributed by atoms with van der Waals surface area (Å²) in [5, 5.41) is 0. The van der Waals surface area contributed by atoms with Gasteiger partial charge < -0.3 is 18.9 Å². The van der Waals surface area contributed by atoms with E-state index in [0.717, 1.165) is 57.6 Å². The van der Waals surface area contributed by atoms with Crippen LogP contribution >= 0.6 is 0 Å². The number of aromatic nitrogens is 2. The van der Waals surface area contributed by atoms with Gasteiger partial charge >= 0.3 is 0 Å². The van der Waals surface area contributed by atoms with Gasteiger partial charge in [0.2, 0.25) is 5.91 Å². The molecule has 1 atom stereocenters. The molecule has 134 valence electrons. The van der Waals surface area contributed by atoms with Gasteiger partial charge in [0, 0.05) is 58.6 Å². The molecule has 1 amide bonds. The Balaban J connectivity index is 1.51. The minimum absolute atomic E-state index is 0.168. The second kappa shape index (κ2) is 7.66. The number of nitrogens with zero attached hydrogens (tertiary/aromatic N) is 3. The summed E-state index contributed by atoms with van der Waals surface area (Å²) in [6.45, 7) is 5.14. The van der Waals surface area contributed by atoms with Crippen LogP contribution in [0.3, 0.4) is 0 Å². The number of rotatable bonds is 5. The summed E-state index contributed by atoms with van der Waals surface area (Å²) in [7, 11) is 1.77. The van der Waals surface area contributed by atoms with Crippen LogP contribution in [0.25, 0.3) is 0 Å². The second-order valence-corrected chi connectivity index (χ2v) is 6.80. The van der Waals surface area contributed by atoms with Crippen LogP contribution in [0, 0.1) is 0 Å². The van der Waals surface area contributed by atoms with Crippen molar-refractivity contribution in [1.29, 1.82) is 0 Å². The fraction of sp³-hybridized carbons (Fsp3) is 0.778. The lowest BCUT2D eigenvalue weighted by Crippen LogP contribution is -2.56. The van der Waals surface area contributed by atoms with Crippen LogP contribution in [0.15, 0.2) is 12.4 Å². The maximum absolute atomic E-state index is 12.5. The van der Waals surface area contributed by atoms with Gasteiger partial charge in [-0.3, -0.25) is 4.79 Å². The van der Waals surface area contributed by atoms with Crippen LogP contribution in [0.1, 0.15) is 44.9 Å². The van der Waals surface area contributed by atoms with Gasteiger partial charge in [0.25, 0.3) is 0 Å². The summed E-state index contributed by atoms with van der Waals surface area (Å²) in [4.78, 5) is 18.8. The molecule has 0 bridgehead atoms. The highest BCUT2D eigenvalue weighted by Crippen LogP contribution is 2.36. The maximum atomic E-state index is 12.5. The van der Waals surface area contributed by atoms with E-state index in [1.165, 1.54) is 0 Å². The summed E-state index contributed by atoms with van der Waals surface area (Å²) >= 11 is 0. The molecule has 1 aromatic heterocycles. The normalized spacial score (nSPS) is 23.6. The number of carbonyl (C=O) groups excluding carboxylic acids is 1. The summed E-state index contributed by atoms with van der Waals surface area (Å²) in [6.07, 6.45) is 9.23. The molecule has 24 heavy (non-hydrogen) atoms. The summed E-state index contributed by atoms with van der Waals surface area (Å²) in [5.74, 6) is 1.27. The number of carbonyl (C=O) groups is 1. The van der Waals surface area contributed by atoms with E-state index in [1.807, 2.05) is 11.1 Å². The number of likely N-dealkylation sites (tertiary alicyclic amines) is 1. The molecule has 6 heteroatoms. The predicted octanol–water partition coefficient (Wildman–Crippen LogP) is 2.02. The van der Waals surface area contributed by atoms with Crippen molar-refractivity contribution in [3.05, 3.63) is 18.2 Å². The van der Waals surface area contributed by atoms with Crippen molar-refractivity contribution < 1.29 is 14.3 Å². The van der Waals surface area contributed by atoms with E-state index >= 15 is 0 Å². The summed E-state index contributed by atoms with van der Waals surface area (Å²) in [5.41, 5.74) is -0.177. The SMILES string of the molecule is CCc1nccn1CCC(=O)N1CCC2(CC1)OCCC[C@@H]2OC. The van der Waals surface area contributed by atoms with Gasteiger partial charge in [-0.25, -0.2) is 4.98 Å². The van der Waals surface area contributed by atoms with Crippen LogP contribution < -0.4 is 0 Å². The number of piperidine rings is 1. The standard InChI is InChI=1S/C18H29N3O3/c1-3-16-19-9-13-20(16)10-6-17(22)21-11-7-18(8-12-21)15(23-2)5-4-14-24-18/h9,13,15H,3-8,10-12,14H2,1-2H3/t15-/m0/s1. The Bertz CT molecular complexity index is 549. The lowest BCUT2D eigenvalue weighted by atomic mass is 9.82. The Morgan fingerprint density at radius 3 is 2.96 bits per heavy atom. The number of hydrogen-bond acceptors (Lipinski definition) is 4. The first-order valence-electron chi connectivity index (χ1n) is 9.13. The van der Waals surface area contributed by atoms with Crippen molar-refractivity contribution in [2.45, 2.75) is 63.7 Å². The molecule has 2 aliphatic heterocycles. The Morgan fingerprint density at radius 1 is 1.46 bits per heavy atom. The van der Waals surface area contributed by atoms with E-state index in [9.17, 15) is 4.79 Å². The molecule has 0 radical (unpaired) electrons. The highest BCUT2D eigenvalue weighted by atomic mass is 16.5. The minimum atomic E-state index is -0.177. The average Bonchev–Trinajstić information content (AvgIpc) is 3.08. The topological polar surface area (TPSA) is 56.6 Å². The van der Waals surface area contributed by atoms with Crippen molar-refractivity contribution in [3.63, 3.8) is 0 Å². The van der Waals surface area contributed by atoms with Gasteiger partial charge in [0.1, 0.15) is 5.82 Å². The van der Waals surface area contributed by atoms with E-state index in [4.69, 9.17) is 9.47 Å². The molecule has 2 aliphatic rings. The number of aryl methyl sites for hydroxylation is 2. The smallest absolute Gasteiger partial charge is 0.224 e. The fourth-order valence-corrected chi connectivity index (χ4v) is 4.07. The first kappa shape index (κ1) is 17.4. The average molecular weight is 335 g/mol. The molecule has 0 aliphatic carbocycles. The number of imidazole rings is 1. The first-order chi connectivity index (χ1) is 11.7. The third-order valence-corrected chi connectivity index (χ3v) is 5.52. The molecule has 0 N–H and O–H groups in total. The van der Waals surface area contributed by atoms with Crippen molar-refractivity contribution >= 4 is 5.91 Å². The van der Waals surface area contributed by atoms with Crippen molar-refractivity contribution in [2.24, 2.45) is 0 Å². The highest BCUT2D eigenvalue weighted by molar-refractivity contribution is 5.76. The molecular formula is C18H29N3O3. The van der Waals surface area contributed by atoms with E-state index in [0.29, 0.717) is 13.0 Å². The molecular weight excluding hydrogens is 306 g/mol. The quantitative estimate of drug-likeness (QED) is 0.826. The summed E-state index contributed by atoms with van der Waals surface area (Å²) in [6, 6.07) is 0. The van der Waals surface area contributed by atoms with E-state index in [1.54, 1.807) is 13.3 Å². The van der Waals surface area contributed by atoms with Crippen LogP contribution in [0.5, 0.6) is 0 Å². The van der Waals surface area contributed by atoms with Crippen molar-refractivity contribution in [2.75, 3.05) is 26.8 Å². The van der Waals surface area contributed by atoms with Gasteiger partial charge in [-0.15, -0.1) is 0 Å². The summed E-state index contributed by atoms with van der Waals surface area (Å²) < 4.78 is 13.9. The maximum Gasteiger partial charge on any atom is 0.224 e. The van der Waals surface area contributed by atoms with E-state index < -0.39 is 0 Å². The van der Waals surface area contributed by atoms with Gasteiger partial charge in [0.05, 0.1) is 11.7 Å². The third kappa shape index (κ3) is 3.49. The molecule has 1 spiro atoms. The molecule has 6 nitrogen and oxygen atoms in total. The molecule has 0 saturated carbocycles. The lowest BCUT2D eigenvalue weighted by Gasteiger charge is -2.48. The zero-order valence-corrected chi connectivity index (χ0v) is 14.9. The van der Waals surface area contributed by atoms with Crippen LogP contribution in [0.4, 0.5) is 0 Å². The minimum Gasteiger partial charge on any atom is -0.378 e.